The van der Waals surface area contributed by atoms with Crippen molar-refractivity contribution in [2.45, 2.75) is 18.9 Å². The lowest BCUT2D eigenvalue weighted by atomic mass is 10.1. The van der Waals surface area contributed by atoms with Crippen molar-refractivity contribution in [1.82, 2.24) is 9.97 Å². The molecule has 0 aromatic carbocycles. The van der Waals surface area contributed by atoms with E-state index in [1.54, 1.807) is 19.5 Å². The Morgan fingerprint density at radius 2 is 1.93 bits per heavy atom. The largest absolute Gasteiger partial charge is 0.381 e. The van der Waals surface area contributed by atoms with Crippen LogP contribution in [0.3, 0.4) is 0 Å². The lowest BCUT2D eigenvalue weighted by Gasteiger charge is -2.30. The molecule has 2 heterocycles. The average Bonchev–Trinajstić information content (AvgIpc) is 2.30. The standard InChI is InChI=1S/C10H15N3O/c1-14-9-3-7-13(8-4-9)10-11-5-2-6-12-10/h2,5-6,9H,3-4,7-8H2,1H3. The van der Waals surface area contributed by atoms with Crippen molar-refractivity contribution in [3.8, 4) is 0 Å². The normalized spacial score (nSPS) is 18.5. The molecule has 2 rings (SSSR count). The molecular formula is C10H15N3O. The lowest BCUT2D eigenvalue weighted by molar-refractivity contribution is 0.0816. The van der Waals surface area contributed by atoms with Gasteiger partial charge in [-0.05, 0) is 18.9 Å². The van der Waals surface area contributed by atoms with Crippen LogP contribution in [0.15, 0.2) is 18.5 Å². The Kier molecular flexibility index (Phi) is 2.93. The first-order chi connectivity index (χ1) is 6.90. The Morgan fingerprint density at radius 1 is 1.29 bits per heavy atom. The first-order valence-corrected chi connectivity index (χ1v) is 4.95. The van der Waals surface area contributed by atoms with Crippen LogP contribution >= 0.6 is 0 Å². The molecule has 0 unspecified atom stereocenters. The molecule has 14 heavy (non-hydrogen) atoms. The van der Waals surface area contributed by atoms with Crippen molar-refractivity contribution in [2.24, 2.45) is 0 Å². The maximum atomic E-state index is 5.31. The van der Waals surface area contributed by atoms with Gasteiger partial charge in [-0.15, -0.1) is 0 Å². The van der Waals surface area contributed by atoms with Crippen LogP contribution < -0.4 is 4.90 Å². The number of nitrogens with zero attached hydrogens (tertiary/aromatic N) is 3. The zero-order valence-electron chi connectivity index (χ0n) is 8.39. The van der Waals surface area contributed by atoms with Gasteiger partial charge in [0.15, 0.2) is 0 Å². The molecule has 0 N–H and O–H groups in total. The molecule has 1 aromatic rings. The van der Waals surface area contributed by atoms with Crippen LogP contribution in [0.25, 0.3) is 0 Å². The number of piperidine rings is 1. The van der Waals surface area contributed by atoms with E-state index in [9.17, 15) is 0 Å². The summed E-state index contributed by atoms with van der Waals surface area (Å²) in [6, 6.07) is 1.84. The number of methoxy groups -OCH3 is 1. The zero-order valence-corrected chi connectivity index (χ0v) is 8.39. The second kappa shape index (κ2) is 4.37. The van der Waals surface area contributed by atoms with Gasteiger partial charge in [0.2, 0.25) is 5.95 Å². The molecule has 0 radical (unpaired) electrons. The monoisotopic (exact) mass is 193 g/mol. The van der Waals surface area contributed by atoms with Crippen LogP contribution in [-0.4, -0.2) is 36.3 Å². The molecule has 1 fully saturated rings. The first kappa shape index (κ1) is 9.40. The van der Waals surface area contributed by atoms with Gasteiger partial charge in [-0.1, -0.05) is 0 Å². The van der Waals surface area contributed by atoms with E-state index in [1.165, 1.54) is 0 Å². The minimum Gasteiger partial charge on any atom is -0.381 e. The molecule has 1 aromatic heterocycles. The predicted octanol–water partition coefficient (Wildman–Crippen LogP) is 1.09. The van der Waals surface area contributed by atoms with Crippen LogP contribution in [0.4, 0.5) is 5.95 Å². The van der Waals surface area contributed by atoms with Crippen LogP contribution in [0.5, 0.6) is 0 Å². The third-order valence-corrected chi connectivity index (χ3v) is 2.61. The van der Waals surface area contributed by atoms with Gasteiger partial charge in [0, 0.05) is 32.6 Å². The van der Waals surface area contributed by atoms with Crippen LogP contribution in [-0.2, 0) is 4.74 Å². The quantitative estimate of drug-likeness (QED) is 0.704. The van der Waals surface area contributed by atoms with Crippen molar-refractivity contribution in [3.63, 3.8) is 0 Å². The van der Waals surface area contributed by atoms with E-state index in [-0.39, 0.29) is 0 Å². The van der Waals surface area contributed by atoms with Crippen LogP contribution in [0, 0.1) is 0 Å². The highest BCUT2D eigenvalue weighted by atomic mass is 16.5. The Bertz CT molecular complexity index is 270. The van der Waals surface area contributed by atoms with Gasteiger partial charge in [-0.3, -0.25) is 0 Å². The summed E-state index contributed by atoms with van der Waals surface area (Å²) in [5.74, 6) is 0.835. The maximum Gasteiger partial charge on any atom is 0.225 e. The van der Waals surface area contributed by atoms with E-state index in [2.05, 4.69) is 14.9 Å². The first-order valence-electron chi connectivity index (χ1n) is 4.95. The molecule has 76 valence electrons. The summed E-state index contributed by atoms with van der Waals surface area (Å²) < 4.78 is 5.31. The van der Waals surface area contributed by atoms with Gasteiger partial charge in [0.05, 0.1) is 6.10 Å². The van der Waals surface area contributed by atoms with Crippen molar-refractivity contribution in [1.29, 1.82) is 0 Å². The van der Waals surface area contributed by atoms with Gasteiger partial charge in [-0.2, -0.15) is 0 Å². The molecule has 4 nitrogen and oxygen atoms in total. The fourth-order valence-electron chi connectivity index (χ4n) is 1.75. The second-order valence-corrected chi connectivity index (χ2v) is 3.47. The van der Waals surface area contributed by atoms with Crippen molar-refractivity contribution in [3.05, 3.63) is 18.5 Å². The second-order valence-electron chi connectivity index (χ2n) is 3.47. The molecule has 1 aliphatic heterocycles. The van der Waals surface area contributed by atoms with Crippen molar-refractivity contribution < 1.29 is 4.74 Å². The fourth-order valence-corrected chi connectivity index (χ4v) is 1.75. The third-order valence-electron chi connectivity index (χ3n) is 2.61. The highest BCUT2D eigenvalue weighted by molar-refractivity contribution is 5.28. The van der Waals surface area contributed by atoms with Crippen molar-refractivity contribution >= 4 is 5.95 Å². The number of hydrogen-bond acceptors (Lipinski definition) is 4. The highest BCUT2D eigenvalue weighted by Gasteiger charge is 2.19. The van der Waals surface area contributed by atoms with Gasteiger partial charge < -0.3 is 9.64 Å². The molecule has 0 atom stereocenters. The minimum absolute atomic E-state index is 0.412. The molecule has 0 spiro atoms. The predicted molar refractivity (Wildman–Crippen MR) is 54.3 cm³/mol. The molecule has 4 heteroatoms. The number of rotatable bonds is 2. The van der Waals surface area contributed by atoms with E-state index in [1.807, 2.05) is 6.07 Å². The fraction of sp³-hybridized carbons (Fsp3) is 0.600. The SMILES string of the molecule is COC1CCN(c2ncccn2)CC1. The Morgan fingerprint density at radius 3 is 2.50 bits per heavy atom. The van der Waals surface area contributed by atoms with E-state index in [4.69, 9.17) is 4.74 Å². The summed E-state index contributed by atoms with van der Waals surface area (Å²) in [4.78, 5) is 10.7. The summed E-state index contributed by atoms with van der Waals surface area (Å²) >= 11 is 0. The topological polar surface area (TPSA) is 38.2 Å². The van der Waals surface area contributed by atoms with Gasteiger partial charge in [-0.25, -0.2) is 9.97 Å². The summed E-state index contributed by atoms with van der Waals surface area (Å²) in [6.07, 6.45) is 6.11. The van der Waals surface area contributed by atoms with Crippen molar-refractivity contribution in [2.75, 3.05) is 25.1 Å². The molecule has 0 saturated carbocycles. The average molecular weight is 193 g/mol. The van der Waals surface area contributed by atoms with Gasteiger partial charge in [0.1, 0.15) is 0 Å². The molecule has 1 saturated heterocycles. The maximum absolute atomic E-state index is 5.31. The van der Waals surface area contributed by atoms with Crippen LogP contribution in [0.1, 0.15) is 12.8 Å². The smallest absolute Gasteiger partial charge is 0.225 e. The van der Waals surface area contributed by atoms with Crippen LogP contribution in [0.2, 0.25) is 0 Å². The van der Waals surface area contributed by atoms with Gasteiger partial charge in [0.25, 0.3) is 0 Å². The number of hydrogen-bond donors (Lipinski definition) is 0. The molecular weight excluding hydrogens is 178 g/mol. The zero-order chi connectivity index (χ0) is 9.80. The number of anilines is 1. The number of ether oxygens (including phenoxy) is 1. The van der Waals surface area contributed by atoms with E-state index in [0.29, 0.717) is 6.10 Å². The molecule has 0 bridgehead atoms. The lowest BCUT2D eigenvalue weighted by Crippen LogP contribution is -2.37. The molecule has 0 aliphatic carbocycles. The summed E-state index contributed by atoms with van der Waals surface area (Å²) in [5, 5.41) is 0. The van der Waals surface area contributed by atoms with E-state index < -0.39 is 0 Å². The van der Waals surface area contributed by atoms with Gasteiger partial charge >= 0.3 is 0 Å². The number of aromatic nitrogens is 2. The Hall–Kier alpha value is -1.16. The summed E-state index contributed by atoms with van der Waals surface area (Å²) in [7, 11) is 1.78. The summed E-state index contributed by atoms with van der Waals surface area (Å²) in [6.45, 7) is 1.98. The minimum atomic E-state index is 0.412. The third kappa shape index (κ3) is 2.01. The Labute approximate surface area is 83.9 Å². The Balaban J connectivity index is 1.96. The van der Waals surface area contributed by atoms with E-state index >= 15 is 0 Å². The summed E-state index contributed by atoms with van der Waals surface area (Å²) in [5.41, 5.74) is 0. The highest BCUT2D eigenvalue weighted by Crippen LogP contribution is 2.16. The van der Waals surface area contributed by atoms with E-state index in [0.717, 1.165) is 31.9 Å². The molecule has 0 amide bonds. The molecule has 1 aliphatic rings.